The number of benzene rings is 2. The molecule has 0 atom stereocenters. The molecule has 2 aromatic rings. The van der Waals surface area contributed by atoms with Gasteiger partial charge in [-0.2, -0.15) is 0 Å². The molecule has 0 aromatic heterocycles. The van der Waals surface area contributed by atoms with Gasteiger partial charge in [0.1, 0.15) is 0 Å². The van der Waals surface area contributed by atoms with Crippen LogP contribution in [0, 0.1) is 5.92 Å². The van der Waals surface area contributed by atoms with E-state index in [0.29, 0.717) is 0 Å². The molecule has 0 aliphatic heterocycles. The maximum absolute atomic E-state index is 9.11. The summed E-state index contributed by atoms with van der Waals surface area (Å²) in [4.78, 5) is 0. The molecule has 0 spiro atoms. The second-order valence-corrected chi connectivity index (χ2v) is 6.65. The molecule has 2 rings (SSSR count). The van der Waals surface area contributed by atoms with Crippen LogP contribution in [0.1, 0.15) is 42.0 Å². The van der Waals surface area contributed by atoms with Gasteiger partial charge in [0.2, 0.25) is 0 Å². The minimum absolute atomic E-state index is 0.000330. The van der Waals surface area contributed by atoms with E-state index < -0.39 is 0 Å². The SMILES string of the molecule is CCCc1ccc(CCc2ccc(CCC(CO)CO)cc2)cc1. The van der Waals surface area contributed by atoms with Crippen LogP contribution < -0.4 is 0 Å². The smallest absolute Gasteiger partial charge is 0.0481 e. The fraction of sp³-hybridized carbons (Fsp3) is 0.455. The maximum atomic E-state index is 9.11. The molecule has 24 heavy (non-hydrogen) atoms. The summed E-state index contributed by atoms with van der Waals surface area (Å²) in [6.45, 7) is 2.34. The van der Waals surface area contributed by atoms with Crippen molar-refractivity contribution in [1.29, 1.82) is 0 Å². The van der Waals surface area contributed by atoms with Gasteiger partial charge in [0.15, 0.2) is 0 Å². The van der Waals surface area contributed by atoms with E-state index in [1.807, 2.05) is 0 Å². The predicted octanol–water partition coefficient (Wildman–Crippen LogP) is 3.96. The highest BCUT2D eigenvalue weighted by Crippen LogP contribution is 2.14. The number of aryl methyl sites for hydroxylation is 4. The lowest BCUT2D eigenvalue weighted by molar-refractivity contribution is 0.144. The molecular formula is C22H30O2. The van der Waals surface area contributed by atoms with Gasteiger partial charge in [-0.3, -0.25) is 0 Å². The van der Waals surface area contributed by atoms with E-state index in [0.717, 1.165) is 32.1 Å². The van der Waals surface area contributed by atoms with Gasteiger partial charge in [-0.05, 0) is 54.4 Å². The quantitative estimate of drug-likeness (QED) is 0.694. The van der Waals surface area contributed by atoms with E-state index in [1.54, 1.807) is 0 Å². The first-order valence-electron chi connectivity index (χ1n) is 9.12. The number of aliphatic hydroxyl groups is 2. The lowest BCUT2D eigenvalue weighted by atomic mass is 9.98. The normalized spacial score (nSPS) is 11.2. The van der Waals surface area contributed by atoms with E-state index in [2.05, 4.69) is 55.5 Å². The summed E-state index contributed by atoms with van der Waals surface area (Å²) in [5.74, 6) is 0.000330. The van der Waals surface area contributed by atoms with Gasteiger partial charge in [0.05, 0.1) is 0 Å². The highest BCUT2D eigenvalue weighted by molar-refractivity contribution is 5.26. The molecule has 0 amide bonds. The van der Waals surface area contributed by atoms with Crippen molar-refractivity contribution in [1.82, 2.24) is 0 Å². The minimum atomic E-state index is 0.000330. The van der Waals surface area contributed by atoms with Gasteiger partial charge in [-0.15, -0.1) is 0 Å². The lowest BCUT2D eigenvalue weighted by Gasteiger charge is -2.10. The Hall–Kier alpha value is -1.64. The number of hydrogen-bond donors (Lipinski definition) is 2. The zero-order valence-corrected chi connectivity index (χ0v) is 14.7. The van der Waals surface area contributed by atoms with Gasteiger partial charge >= 0.3 is 0 Å². The molecule has 130 valence electrons. The van der Waals surface area contributed by atoms with Crippen LogP contribution in [0.3, 0.4) is 0 Å². The van der Waals surface area contributed by atoms with Crippen LogP contribution in [0.5, 0.6) is 0 Å². The van der Waals surface area contributed by atoms with E-state index in [9.17, 15) is 0 Å². The summed E-state index contributed by atoms with van der Waals surface area (Å²) in [6, 6.07) is 17.8. The Morgan fingerprint density at radius 3 is 1.38 bits per heavy atom. The largest absolute Gasteiger partial charge is 0.396 e. The van der Waals surface area contributed by atoms with Gasteiger partial charge < -0.3 is 10.2 Å². The lowest BCUT2D eigenvalue weighted by Crippen LogP contribution is -2.11. The maximum Gasteiger partial charge on any atom is 0.0481 e. The second-order valence-electron chi connectivity index (χ2n) is 6.65. The molecule has 2 aromatic carbocycles. The molecular weight excluding hydrogens is 296 g/mol. The fourth-order valence-corrected chi connectivity index (χ4v) is 2.93. The first-order valence-corrected chi connectivity index (χ1v) is 9.12. The zero-order valence-electron chi connectivity index (χ0n) is 14.7. The van der Waals surface area contributed by atoms with Crippen LogP contribution in [-0.2, 0) is 25.7 Å². The Kier molecular flexibility index (Phi) is 8.00. The third-order valence-electron chi connectivity index (χ3n) is 4.64. The van der Waals surface area contributed by atoms with Crippen LogP contribution >= 0.6 is 0 Å². The third kappa shape index (κ3) is 6.10. The second kappa shape index (κ2) is 10.3. The van der Waals surface area contributed by atoms with Crippen LogP contribution in [0.4, 0.5) is 0 Å². The monoisotopic (exact) mass is 326 g/mol. The van der Waals surface area contributed by atoms with Gasteiger partial charge in [0, 0.05) is 19.1 Å². The van der Waals surface area contributed by atoms with Crippen LogP contribution in [0.25, 0.3) is 0 Å². The van der Waals surface area contributed by atoms with Gasteiger partial charge in [0.25, 0.3) is 0 Å². The Bertz CT molecular complexity index is 568. The van der Waals surface area contributed by atoms with Crippen molar-refractivity contribution in [2.24, 2.45) is 5.92 Å². The summed E-state index contributed by atoms with van der Waals surface area (Å²) in [7, 11) is 0. The van der Waals surface area contributed by atoms with Crippen LogP contribution in [0.2, 0.25) is 0 Å². The van der Waals surface area contributed by atoms with Crippen molar-refractivity contribution in [3.63, 3.8) is 0 Å². The predicted molar refractivity (Wildman–Crippen MR) is 100 cm³/mol. The van der Waals surface area contributed by atoms with Crippen molar-refractivity contribution in [3.8, 4) is 0 Å². The van der Waals surface area contributed by atoms with E-state index in [-0.39, 0.29) is 19.1 Å². The topological polar surface area (TPSA) is 40.5 Å². The highest BCUT2D eigenvalue weighted by Gasteiger charge is 2.06. The first-order chi connectivity index (χ1) is 11.7. The van der Waals surface area contributed by atoms with E-state index in [4.69, 9.17) is 10.2 Å². The van der Waals surface area contributed by atoms with Crippen molar-refractivity contribution >= 4 is 0 Å². The molecule has 0 heterocycles. The number of rotatable bonds is 10. The van der Waals surface area contributed by atoms with Gasteiger partial charge in [-0.1, -0.05) is 61.9 Å². The summed E-state index contributed by atoms with van der Waals surface area (Å²) in [5, 5.41) is 18.2. The molecule has 0 fully saturated rings. The average molecular weight is 326 g/mol. The number of aliphatic hydroxyl groups excluding tert-OH is 2. The van der Waals surface area contributed by atoms with Gasteiger partial charge in [-0.25, -0.2) is 0 Å². The fourth-order valence-electron chi connectivity index (χ4n) is 2.93. The van der Waals surface area contributed by atoms with Crippen molar-refractivity contribution < 1.29 is 10.2 Å². The molecule has 0 radical (unpaired) electrons. The molecule has 0 aliphatic rings. The van der Waals surface area contributed by atoms with Crippen molar-refractivity contribution in [3.05, 3.63) is 70.8 Å². The minimum Gasteiger partial charge on any atom is -0.396 e. The number of hydrogen-bond acceptors (Lipinski definition) is 2. The Labute approximate surface area is 146 Å². The van der Waals surface area contributed by atoms with E-state index >= 15 is 0 Å². The molecule has 2 N–H and O–H groups in total. The molecule has 0 bridgehead atoms. The molecule has 0 aliphatic carbocycles. The van der Waals surface area contributed by atoms with E-state index in [1.165, 1.54) is 28.7 Å². The molecule has 0 saturated heterocycles. The molecule has 0 unspecified atom stereocenters. The Balaban J connectivity index is 1.80. The Morgan fingerprint density at radius 1 is 0.625 bits per heavy atom. The summed E-state index contributed by atoms with van der Waals surface area (Å²) in [5.41, 5.74) is 5.45. The standard InChI is InChI=1S/C22H30O2/c1-2-3-18-4-6-19(7-5-18)8-9-20-10-12-21(13-11-20)14-15-22(16-23)17-24/h4-7,10-13,22-24H,2-3,8-9,14-17H2,1H3. The third-order valence-corrected chi connectivity index (χ3v) is 4.64. The summed E-state index contributed by atoms with van der Waals surface area (Å²) >= 11 is 0. The van der Waals surface area contributed by atoms with Crippen molar-refractivity contribution in [2.75, 3.05) is 13.2 Å². The van der Waals surface area contributed by atoms with Crippen molar-refractivity contribution in [2.45, 2.75) is 45.4 Å². The Morgan fingerprint density at radius 2 is 1.00 bits per heavy atom. The van der Waals surface area contributed by atoms with Crippen LogP contribution in [-0.4, -0.2) is 23.4 Å². The highest BCUT2D eigenvalue weighted by atomic mass is 16.3. The first kappa shape index (κ1) is 18.7. The summed E-state index contributed by atoms with van der Waals surface area (Å²) in [6.07, 6.45) is 6.23. The molecule has 2 nitrogen and oxygen atoms in total. The zero-order chi connectivity index (χ0) is 17.2. The molecule has 0 saturated carbocycles. The average Bonchev–Trinajstić information content (AvgIpc) is 2.63. The van der Waals surface area contributed by atoms with Crippen LogP contribution in [0.15, 0.2) is 48.5 Å². The molecule has 2 heteroatoms. The summed E-state index contributed by atoms with van der Waals surface area (Å²) < 4.78 is 0.